The van der Waals surface area contributed by atoms with Gasteiger partial charge in [0.2, 0.25) is 11.8 Å². The van der Waals surface area contributed by atoms with E-state index >= 15 is 0 Å². The molecule has 1 unspecified atom stereocenters. The summed E-state index contributed by atoms with van der Waals surface area (Å²) in [5.74, 6) is -0.176. The summed E-state index contributed by atoms with van der Waals surface area (Å²) >= 11 is 0. The summed E-state index contributed by atoms with van der Waals surface area (Å²) in [5.41, 5.74) is 0.614. The van der Waals surface area contributed by atoms with Crippen LogP contribution in [0.3, 0.4) is 0 Å². The second-order valence-corrected chi connectivity index (χ2v) is 4.56. The highest BCUT2D eigenvalue weighted by Gasteiger charge is 2.34. The van der Waals surface area contributed by atoms with Crippen LogP contribution in [0.5, 0.6) is 0 Å². The Labute approximate surface area is 111 Å². The monoisotopic (exact) mass is 263 g/mol. The second-order valence-electron chi connectivity index (χ2n) is 4.56. The highest BCUT2D eigenvalue weighted by Crippen LogP contribution is 2.27. The van der Waals surface area contributed by atoms with Crippen molar-refractivity contribution in [3.05, 3.63) is 23.9 Å². The van der Waals surface area contributed by atoms with Crippen LogP contribution in [-0.4, -0.2) is 34.5 Å². The van der Waals surface area contributed by atoms with E-state index in [1.807, 2.05) is 6.92 Å². The van der Waals surface area contributed by atoms with Crippen LogP contribution in [0, 0.1) is 0 Å². The highest BCUT2D eigenvalue weighted by atomic mass is 16.3. The number of hydrogen-bond donors (Lipinski definition) is 2. The topological polar surface area (TPSA) is 82.5 Å². The van der Waals surface area contributed by atoms with Crippen molar-refractivity contribution < 1.29 is 14.7 Å². The van der Waals surface area contributed by atoms with Gasteiger partial charge in [-0.3, -0.25) is 14.9 Å². The van der Waals surface area contributed by atoms with E-state index in [4.69, 9.17) is 0 Å². The molecule has 19 heavy (non-hydrogen) atoms. The molecule has 1 aromatic heterocycles. The molecule has 0 aromatic carbocycles. The lowest BCUT2D eigenvalue weighted by Crippen LogP contribution is -2.58. The van der Waals surface area contributed by atoms with Crippen molar-refractivity contribution in [2.24, 2.45) is 0 Å². The van der Waals surface area contributed by atoms with Crippen molar-refractivity contribution in [1.82, 2.24) is 10.3 Å². The largest absolute Gasteiger partial charge is 0.389 e. The smallest absolute Gasteiger partial charge is 0.249 e. The minimum atomic E-state index is -0.707. The molecule has 0 radical (unpaired) electrons. The Hall–Kier alpha value is -1.95. The van der Waals surface area contributed by atoms with Crippen LogP contribution >= 0.6 is 0 Å². The maximum Gasteiger partial charge on any atom is 0.249 e. The summed E-state index contributed by atoms with van der Waals surface area (Å²) in [5, 5.41) is 12.1. The van der Waals surface area contributed by atoms with E-state index in [2.05, 4.69) is 10.3 Å². The fourth-order valence-corrected chi connectivity index (χ4v) is 2.27. The molecule has 1 aromatic rings. The average molecular weight is 263 g/mol. The van der Waals surface area contributed by atoms with Gasteiger partial charge in [0, 0.05) is 11.8 Å². The molecule has 2 atom stereocenters. The highest BCUT2D eigenvalue weighted by molar-refractivity contribution is 6.04. The first kappa shape index (κ1) is 13.5. The Bertz CT molecular complexity index is 502. The molecule has 1 aliphatic heterocycles. The molecular formula is C13H17N3O3. The summed E-state index contributed by atoms with van der Waals surface area (Å²) in [4.78, 5) is 29.3. The quantitative estimate of drug-likeness (QED) is 0.770. The molecule has 0 spiro atoms. The number of rotatable bonds is 3. The summed E-state index contributed by atoms with van der Waals surface area (Å²) in [6, 6.07) is 3.03. The van der Waals surface area contributed by atoms with Gasteiger partial charge in [-0.05, 0) is 19.4 Å². The van der Waals surface area contributed by atoms with Crippen LogP contribution < -0.4 is 10.2 Å². The van der Waals surface area contributed by atoms with E-state index in [0.29, 0.717) is 17.8 Å². The lowest BCUT2D eigenvalue weighted by atomic mass is 10.1. The Morgan fingerprint density at radius 2 is 2.32 bits per heavy atom. The van der Waals surface area contributed by atoms with Crippen LogP contribution in [0.2, 0.25) is 0 Å². The van der Waals surface area contributed by atoms with Crippen molar-refractivity contribution in [2.45, 2.75) is 32.4 Å². The third-order valence-corrected chi connectivity index (χ3v) is 3.18. The average Bonchev–Trinajstić information content (AvgIpc) is 2.37. The fourth-order valence-electron chi connectivity index (χ4n) is 2.27. The molecule has 0 bridgehead atoms. The lowest BCUT2D eigenvalue weighted by Gasteiger charge is -2.35. The number of pyridine rings is 1. The number of amides is 2. The van der Waals surface area contributed by atoms with Crippen LogP contribution in [0.1, 0.15) is 31.9 Å². The third-order valence-electron chi connectivity index (χ3n) is 3.18. The molecule has 2 amide bonds. The van der Waals surface area contributed by atoms with Crippen molar-refractivity contribution in [2.75, 3.05) is 11.4 Å². The molecule has 2 heterocycles. The minimum absolute atomic E-state index is 0.0704. The van der Waals surface area contributed by atoms with Gasteiger partial charge < -0.3 is 10.0 Å². The summed E-state index contributed by atoms with van der Waals surface area (Å²) < 4.78 is 0. The molecule has 6 heteroatoms. The van der Waals surface area contributed by atoms with Crippen molar-refractivity contribution in [1.29, 1.82) is 0 Å². The number of piperazine rings is 1. The number of nitrogens with zero attached hydrogens (tertiary/aromatic N) is 2. The zero-order valence-electron chi connectivity index (χ0n) is 11.0. The molecule has 1 fully saturated rings. The SMILES string of the molecule is CCC1C(=O)NC(=O)CN1c1ncccc1[C@H](C)O. The van der Waals surface area contributed by atoms with Gasteiger partial charge in [0.15, 0.2) is 0 Å². The molecule has 102 valence electrons. The van der Waals surface area contributed by atoms with E-state index < -0.39 is 12.1 Å². The van der Waals surface area contributed by atoms with Crippen LogP contribution in [0.4, 0.5) is 5.82 Å². The standard InChI is InChI=1S/C13H17N3O3/c1-3-10-13(19)15-11(18)7-16(10)12-9(8(2)17)5-4-6-14-12/h4-6,8,10,17H,3,7H2,1-2H3,(H,15,18,19)/t8-,10?/m0/s1. The van der Waals surface area contributed by atoms with E-state index in [1.165, 1.54) is 0 Å². The van der Waals surface area contributed by atoms with Crippen LogP contribution in [0.25, 0.3) is 0 Å². The molecule has 2 N–H and O–H groups in total. The summed E-state index contributed by atoms with van der Waals surface area (Å²) in [6.07, 6.45) is 1.45. The van der Waals surface area contributed by atoms with Gasteiger partial charge in [0.1, 0.15) is 11.9 Å². The molecule has 0 aliphatic carbocycles. The molecule has 1 saturated heterocycles. The Morgan fingerprint density at radius 3 is 2.95 bits per heavy atom. The third kappa shape index (κ3) is 2.58. The summed E-state index contributed by atoms with van der Waals surface area (Å²) in [6.45, 7) is 3.58. The molecule has 2 rings (SSSR count). The number of carbonyl (C=O) groups excluding carboxylic acids is 2. The number of hydrogen-bond acceptors (Lipinski definition) is 5. The number of carbonyl (C=O) groups is 2. The Balaban J connectivity index is 2.43. The fraction of sp³-hybridized carbons (Fsp3) is 0.462. The molecular weight excluding hydrogens is 246 g/mol. The maximum atomic E-state index is 11.8. The van der Waals surface area contributed by atoms with Gasteiger partial charge in [0.05, 0.1) is 12.6 Å². The molecule has 1 aliphatic rings. The summed E-state index contributed by atoms with van der Waals surface area (Å²) in [7, 11) is 0. The predicted molar refractivity (Wildman–Crippen MR) is 69.4 cm³/mol. The van der Waals surface area contributed by atoms with Gasteiger partial charge in [-0.15, -0.1) is 0 Å². The van der Waals surface area contributed by atoms with Crippen LogP contribution in [-0.2, 0) is 9.59 Å². The molecule has 6 nitrogen and oxygen atoms in total. The Morgan fingerprint density at radius 1 is 1.58 bits per heavy atom. The number of aromatic nitrogens is 1. The van der Waals surface area contributed by atoms with E-state index in [1.54, 1.807) is 30.2 Å². The lowest BCUT2D eigenvalue weighted by molar-refractivity contribution is -0.133. The van der Waals surface area contributed by atoms with E-state index in [-0.39, 0.29) is 18.4 Å². The zero-order chi connectivity index (χ0) is 14.0. The van der Waals surface area contributed by atoms with Crippen molar-refractivity contribution in [3.8, 4) is 0 Å². The van der Waals surface area contributed by atoms with Gasteiger partial charge in [-0.1, -0.05) is 13.0 Å². The predicted octanol–water partition coefficient (Wildman–Crippen LogP) is 0.376. The number of nitrogens with one attached hydrogen (secondary N) is 1. The van der Waals surface area contributed by atoms with Crippen molar-refractivity contribution in [3.63, 3.8) is 0 Å². The number of aliphatic hydroxyl groups is 1. The van der Waals surface area contributed by atoms with Gasteiger partial charge in [-0.2, -0.15) is 0 Å². The van der Waals surface area contributed by atoms with E-state index in [9.17, 15) is 14.7 Å². The van der Waals surface area contributed by atoms with Gasteiger partial charge in [-0.25, -0.2) is 4.98 Å². The van der Waals surface area contributed by atoms with Crippen molar-refractivity contribution >= 4 is 17.6 Å². The van der Waals surface area contributed by atoms with Gasteiger partial charge in [0.25, 0.3) is 0 Å². The first-order valence-corrected chi connectivity index (χ1v) is 6.28. The maximum absolute atomic E-state index is 11.8. The number of imide groups is 1. The first-order chi connectivity index (χ1) is 9.04. The van der Waals surface area contributed by atoms with E-state index in [0.717, 1.165) is 0 Å². The normalized spacial score (nSPS) is 21.2. The number of aliphatic hydroxyl groups excluding tert-OH is 1. The second kappa shape index (κ2) is 5.36. The Kier molecular flexibility index (Phi) is 3.80. The number of anilines is 1. The first-order valence-electron chi connectivity index (χ1n) is 6.28. The zero-order valence-corrected chi connectivity index (χ0v) is 11.0. The van der Waals surface area contributed by atoms with Gasteiger partial charge >= 0.3 is 0 Å². The molecule has 0 saturated carbocycles. The van der Waals surface area contributed by atoms with Crippen LogP contribution in [0.15, 0.2) is 18.3 Å². The minimum Gasteiger partial charge on any atom is -0.389 e.